The maximum absolute atomic E-state index is 13.0. The summed E-state index contributed by atoms with van der Waals surface area (Å²) in [7, 11) is -3.51. The second-order valence-corrected chi connectivity index (χ2v) is 10.1. The summed E-state index contributed by atoms with van der Waals surface area (Å²) >= 11 is 5.37. The van der Waals surface area contributed by atoms with Crippen LogP contribution in [-0.2, 0) is 16.7 Å². The Morgan fingerprint density at radius 2 is 1.73 bits per heavy atom. The van der Waals surface area contributed by atoms with Gasteiger partial charge in [0.05, 0.1) is 11.6 Å². The van der Waals surface area contributed by atoms with Crippen LogP contribution in [0.25, 0.3) is 11.5 Å². The summed E-state index contributed by atoms with van der Waals surface area (Å²) in [6.45, 7) is 8.96. The van der Waals surface area contributed by atoms with Crippen LogP contribution in [0.5, 0.6) is 0 Å². The van der Waals surface area contributed by atoms with E-state index < -0.39 is 10.0 Å². The highest BCUT2D eigenvalue weighted by Gasteiger charge is 2.26. The van der Waals surface area contributed by atoms with Gasteiger partial charge in [-0.2, -0.15) is 4.31 Å². The van der Waals surface area contributed by atoms with Gasteiger partial charge >= 0.3 is 0 Å². The summed E-state index contributed by atoms with van der Waals surface area (Å²) in [5.74, 6) is 0.350. The van der Waals surface area contributed by atoms with E-state index in [1.54, 1.807) is 33.3 Å². The normalized spacial score (nSPS) is 19.9. The van der Waals surface area contributed by atoms with E-state index in [1.807, 2.05) is 0 Å². The first-order chi connectivity index (χ1) is 14.5. The molecule has 0 atom stereocenters. The molecule has 2 saturated heterocycles. The van der Waals surface area contributed by atoms with Crippen molar-refractivity contribution in [1.82, 2.24) is 23.9 Å². The topological polar surface area (TPSA) is 74.8 Å². The zero-order chi connectivity index (χ0) is 21.1. The van der Waals surface area contributed by atoms with E-state index in [4.69, 9.17) is 16.6 Å². The predicted octanol–water partition coefficient (Wildman–Crippen LogP) is 2.64. The smallest absolute Gasteiger partial charge is 0.288 e. The van der Waals surface area contributed by atoms with E-state index >= 15 is 0 Å². The summed E-state index contributed by atoms with van der Waals surface area (Å²) < 4.78 is 35.0. The first-order valence-corrected chi connectivity index (χ1v) is 12.5. The van der Waals surface area contributed by atoms with E-state index in [0.717, 1.165) is 52.0 Å². The number of benzene rings is 1. The standard InChI is InChI=1S/C20H29N5O3S2/c1-2-22-11-13-23(14-12-22)16-25-20(29)28-19(21-25)17-7-6-8-18(15-17)30(26,27)24-9-4-3-5-10-24/h6-8,15H,2-5,9-14,16H2,1H3. The molecule has 0 aliphatic carbocycles. The maximum atomic E-state index is 13.0. The quantitative estimate of drug-likeness (QED) is 0.625. The summed E-state index contributed by atoms with van der Waals surface area (Å²) in [6, 6.07) is 6.80. The van der Waals surface area contributed by atoms with E-state index in [0.29, 0.717) is 36.0 Å². The van der Waals surface area contributed by atoms with Gasteiger partial charge in [0.25, 0.3) is 4.84 Å². The highest BCUT2D eigenvalue weighted by molar-refractivity contribution is 7.89. The monoisotopic (exact) mass is 451 g/mol. The number of piperazine rings is 1. The minimum absolute atomic E-state index is 0.272. The highest BCUT2D eigenvalue weighted by Crippen LogP contribution is 2.25. The van der Waals surface area contributed by atoms with Crippen LogP contribution < -0.4 is 0 Å². The average Bonchev–Trinajstić information content (AvgIpc) is 3.15. The Balaban J connectivity index is 1.52. The third-order valence-corrected chi connectivity index (χ3v) is 8.07. The van der Waals surface area contributed by atoms with Crippen molar-refractivity contribution in [3.8, 4) is 11.5 Å². The van der Waals surface area contributed by atoms with E-state index in [-0.39, 0.29) is 4.90 Å². The van der Waals surface area contributed by atoms with Crippen LogP contribution in [0.1, 0.15) is 26.2 Å². The third-order valence-electron chi connectivity index (χ3n) is 5.89. The molecule has 30 heavy (non-hydrogen) atoms. The Kier molecular flexibility index (Phi) is 6.69. The van der Waals surface area contributed by atoms with Crippen molar-refractivity contribution in [2.45, 2.75) is 37.8 Å². The Hall–Kier alpha value is -1.59. The van der Waals surface area contributed by atoms with E-state index in [1.165, 1.54) is 0 Å². The van der Waals surface area contributed by atoms with Crippen molar-refractivity contribution < 1.29 is 12.8 Å². The lowest BCUT2D eigenvalue weighted by molar-refractivity contribution is 0.105. The van der Waals surface area contributed by atoms with Crippen LogP contribution in [0.3, 0.4) is 0 Å². The summed E-state index contributed by atoms with van der Waals surface area (Å²) in [6.07, 6.45) is 2.90. The fourth-order valence-corrected chi connectivity index (χ4v) is 5.73. The maximum Gasteiger partial charge on any atom is 0.288 e. The van der Waals surface area contributed by atoms with Gasteiger partial charge < -0.3 is 9.32 Å². The minimum Gasteiger partial charge on any atom is -0.409 e. The molecule has 0 spiro atoms. The second kappa shape index (κ2) is 9.27. The van der Waals surface area contributed by atoms with Gasteiger partial charge in [-0.3, -0.25) is 4.90 Å². The molecule has 3 heterocycles. The fraction of sp³-hybridized carbons (Fsp3) is 0.600. The van der Waals surface area contributed by atoms with Crippen molar-refractivity contribution >= 4 is 22.2 Å². The molecule has 0 N–H and O–H groups in total. The Morgan fingerprint density at radius 3 is 2.43 bits per heavy atom. The molecule has 2 aliphatic heterocycles. The Labute approximate surface area is 183 Å². The first kappa shape index (κ1) is 21.6. The molecule has 0 unspecified atom stereocenters. The largest absolute Gasteiger partial charge is 0.409 e. The zero-order valence-corrected chi connectivity index (χ0v) is 19.0. The second-order valence-electron chi connectivity index (χ2n) is 7.86. The molecule has 2 aliphatic rings. The molecule has 0 radical (unpaired) electrons. The molecule has 0 amide bonds. The molecule has 4 rings (SSSR count). The van der Waals surface area contributed by atoms with Crippen molar-refractivity contribution in [1.29, 1.82) is 0 Å². The van der Waals surface area contributed by atoms with Gasteiger partial charge in [0.1, 0.15) is 0 Å². The van der Waals surface area contributed by atoms with E-state index in [2.05, 4.69) is 21.8 Å². The molecule has 2 aromatic rings. The van der Waals surface area contributed by atoms with Crippen LogP contribution in [0.15, 0.2) is 33.6 Å². The van der Waals surface area contributed by atoms with Gasteiger partial charge in [0, 0.05) is 44.8 Å². The molecule has 0 saturated carbocycles. The lowest BCUT2D eigenvalue weighted by Crippen LogP contribution is -2.46. The van der Waals surface area contributed by atoms with Gasteiger partial charge in [0.15, 0.2) is 0 Å². The van der Waals surface area contributed by atoms with Gasteiger partial charge in [0.2, 0.25) is 15.9 Å². The highest BCUT2D eigenvalue weighted by atomic mass is 32.2. The fourth-order valence-electron chi connectivity index (χ4n) is 3.99. The predicted molar refractivity (Wildman–Crippen MR) is 117 cm³/mol. The van der Waals surface area contributed by atoms with Crippen molar-refractivity contribution in [3.05, 3.63) is 29.1 Å². The molecule has 0 bridgehead atoms. The van der Waals surface area contributed by atoms with E-state index in [9.17, 15) is 8.42 Å². The molecule has 1 aromatic carbocycles. The number of rotatable bonds is 6. The molecule has 164 valence electrons. The van der Waals surface area contributed by atoms with Crippen LogP contribution in [0, 0.1) is 4.84 Å². The van der Waals surface area contributed by atoms with Gasteiger partial charge in [-0.15, -0.1) is 5.10 Å². The number of sulfonamides is 1. The Bertz CT molecular complexity index is 1020. The number of piperidine rings is 1. The summed E-state index contributed by atoms with van der Waals surface area (Å²) in [4.78, 5) is 5.28. The van der Waals surface area contributed by atoms with Crippen molar-refractivity contribution in [2.24, 2.45) is 0 Å². The molecule has 2 fully saturated rings. The molecule has 8 nitrogen and oxygen atoms in total. The van der Waals surface area contributed by atoms with Crippen LogP contribution >= 0.6 is 12.2 Å². The SMILES string of the molecule is CCN1CCN(Cn2nc(-c3cccc(S(=O)(=O)N4CCCCC4)c3)oc2=S)CC1. The van der Waals surface area contributed by atoms with Crippen molar-refractivity contribution in [2.75, 3.05) is 45.8 Å². The molecule has 10 heteroatoms. The number of hydrogen-bond donors (Lipinski definition) is 0. The van der Waals surface area contributed by atoms with Crippen LogP contribution in [0.4, 0.5) is 0 Å². The van der Waals surface area contributed by atoms with Crippen LogP contribution in [0.2, 0.25) is 0 Å². The third kappa shape index (κ3) is 4.67. The molecular formula is C20H29N5O3S2. The van der Waals surface area contributed by atoms with Gasteiger partial charge in [-0.25, -0.2) is 13.1 Å². The molecule has 1 aromatic heterocycles. The Morgan fingerprint density at radius 1 is 1.03 bits per heavy atom. The lowest BCUT2D eigenvalue weighted by atomic mass is 10.2. The lowest BCUT2D eigenvalue weighted by Gasteiger charge is -2.33. The zero-order valence-electron chi connectivity index (χ0n) is 17.4. The minimum atomic E-state index is -3.51. The number of aromatic nitrogens is 2. The summed E-state index contributed by atoms with van der Waals surface area (Å²) in [5.41, 5.74) is 0.619. The summed E-state index contributed by atoms with van der Waals surface area (Å²) in [5, 5.41) is 4.53. The average molecular weight is 452 g/mol. The van der Waals surface area contributed by atoms with Crippen LogP contribution in [-0.4, -0.2) is 78.1 Å². The first-order valence-electron chi connectivity index (χ1n) is 10.6. The number of hydrogen-bond acceptors (Lipinski definition) is 7. The number of nitrogens with zero attached hydrogens (tertiary/aromatic N) is 5. The van der Waals surface area contributed by atoms with Crippen molar-refractivity contribution in [3.63, 3.8) is 0 Å². The van der Waals surface area contributed by atoms with Gasteiger partial charge in [-0.1, -0.05) is 19.4 Å². The number of likely N-dealkylation sites (N-methyl/N-ethyl adjacent to an activating group) is 1. The molecular weight excluding hydrogens is 422 g/mol. The van der Waals surface area contributed by atoms with Gasteiger partial charge in [-0.05, 0) is 49.8 Å².